The quantitative estimate of drug-likeness (QED) is 0.325. The lowest BCUT2D eigenvalue weighted by Crippen LogP contribution is -2.24. The summed E-state index contributed by atoms with van der Waals surface area (Å²) in [5.74, 6) is 0. The molecular formula is C28H29N3O2. The molecular weight excluding hydrogens is 410 g/mol. The molecule has 0 saturated heterocycles. The minimum Gasteiger partial charge on any atom is -0.371 e. The van der Waals surface area contributed by atoms with Gasteiger partial charge in [0.25, 0.3) is 0 Å². The number of pyridine rings is 2. The fourth-order valence-electron chi connectivity index (χ4n) is 4.92. The topological polar surface area (TPSA) is 69.0 Å². The Balaban J connectivity index is 1.78. The standard InChI is InChI=1S/C28H29N3O2/c1-4-12-31(13-5-2)18-10-11-19-23(14-18)29-24-15-22-25(16-21(24)27(19)32)30-26-17(6-3)8-7-9-20(26)28(22)33/h7-11,14-16H,4-6,12-13H2,1-3H3,(H,29,32)(H,30,33). The smallest absolute Gasteiger partial charge is 0.197 e. The average Bonchev–Trinajstić information content (AvgIpc) is 2.83. The summed E-state index contributed by atoms with van der Waals surface area (Å²) < 4.78 is 0. The van der Waals surface area contributed by atoms with Crippen molar-refractivity contribution in [3.05, 3.63) is 74.5 Å². The minimum absolute atomic E-state index is 0.0114. The van der Waals surface area contributed by atoms with Crippen molar-refractivity contribution in [2.75, 3.05) is 18.0 Å². The number of H-pyrrole nitrogens is 2. The van der Waals surface area contributed by atoms with Gasteiger partial charge in [0.05, 0.1) is 22.1 Å². The molecule has 0 atom stereocenters. The van der Waals surface area contributed by atoms with Gasteiger partial charge in [0.1, 0.15) is 0 Å². The number of aromatic amines is 2. The van der Waals surface area contributed by atoms with Gasteiger partial charge in [-0.15, -0.1) is 0 Å². The highest BCUT2D eigenvalue weighted by atomic mass is 16.1. The van der Waals surface area contributed by atoms with E-state index in [1.54, 1.807) is 0 Å². The Labute approximate surface area is 192 Å². The number of nitrogens with one attached hydrogen (secondary N) is 2. The van der Waals surface area contributed by atoms with E-state index >= 15 is 0 Å². The van der Waals surface area contributed by atoms with Gasteiger partial charge in [-0.05, 0) is 61.2 Å². The van der Waals surface area contributed by atoms with Gasteiger partial charge < -0.3 is 14.9 Å². The summed E-state index contributed by atoms with van der Waals surface area (Å²) in [6, 6.07) is 15.5. The Morgan fingerprint density at radius 2 is 1.33 bits per heavy atom. The highest BCUT2D eigenvalue weighted by Gasteiger charge is 2.13. The second-order valence-electron chi connectivity index (χ2n) is 8.76. The van der Waals surface area contributed by atoms with E-state index in [1.165, 1.54) is 0 Å². The summed E-state index contributed by atoms with van der Waals surface area (Å²) in [5.41, 5.74) is 5.20. The van der Waals surface area contributed by atoms with Crippen molar-refractivity contribution in [1.82, 2.24) is 9.97 Å². The zero-order valence-electron chi connectivity index (χ0n) is 19.4. The molecule has 0 aliphatic heterocycles. The normalized spacial score (nSPS) is 11.7. The molecule has 5 aromatic rings. The van der Waals surface area contributed by atoms with Gasteiger partial charge >= 0.3 is 0 Å². The summed E-state index contributed by atoms with van der Waals surface area (Å²) in [7, 11) is 0. The number of para-hydroxylation sites is 1. The van der Waals surface area contributed by atoms with Crippen LogP contribution < -0.4 is 15.8 Å². The molecule has 0 unspecified atom stereocenters. The number of hydrogen-bond donors (Lipinski definition) is 2. The van der Waals surface area contributed by atoms with Crippen LogP contribution in [0.5, 0.6) is 0 Å². The summed E-state index contributed by atoms with van der Waals surface area (Å²) in [4.78, 5) is 35.9. The Kier molecular flexibility index (Phi) is 5.41. The molecule has 168 valence electrons. The van der Waals surface area contributed by atoms with Crippen molar-refractivity contribution >= 4 is 49.3 Å². The lowest BCUT2D eigenvalue weighted by Gasteiger charge is -2.24. The molecule has 5 heteroatoms. The van der Waals surface area contributed by atoms with Crippen molar-refractivity contribution in [2.45, 2.75) is 40.0 Å². The van der Waals surface area contributed by atoms with E-state index in [0.29, 0.717) is 32.6 Å². The molecule has 2 aromatic heterocycles. The molecule has 3 aromatic carbocycles. The maximum Gasteiger partial charge on any atom is 0.197 e. The first-order valence-corrected chi connectivity index (χ1v) is 11.9. The second kappa shape index (κ2) is 8.39. The van der Waals surface area contributed by atoms with Crippen LogP contribution in [0.25, 0.3) is 43.6 Å². The molecule has 2 heterocycles. The van der Waals surface area contributed by atoms with Crippen molar-refractivity contribution in [3.63, 3.8) is 0 Å². The average molecular weight is 440 g/mol. The monoisotopic (exact) mass is 439 g/mol. The zero-order chi connectivity index (χ0) is 23.1. The van der Waals surface area contributed by atoms with Crippen LogP contribution in [-0.4, -0.2) is 23.1 Å². The van der Waals surface area contributed by atoms with E-state index in [9.17, 15) is 9.59 Å². The molecule has 0 bridgehead atoms. The van der Waals surface area contributed by atoms with E-state index in [4.69, 9.17) is 0 Å². The lowest BCUT2D eigenvalue weighted by atomic mass is 10.0. The summed E-state index contributed by atoms with van der Waals surface area (Å²) in [6.07, 6.45) is 2.95. The number of benzene rings is 3. The predicted molar refractivity (Wildman–Crippen MR) is 140 cm³/mol. The van der Waals surface area contributed by atoms with Gasteiger partial charge in [0, 0.05) is 40.3 Å². The summed E-state index contributed by atoms with van der Waals surface area (Å²) in [6.45, 7) is 8.38. The van der Waals surface area contributed by atoms with Crippen molar-refractivity contribution < 1.29 is 0 Å². The Hall–Kier alpha value is -3.60. The molecule has 2 N–H and O–H groups in total. The molecule has 0 saturated carbocycles. The first-order valence-electron chi connectivity index (χ1n) is 11.9. The number of aromatic nitrogens is 2. The summed E-state index contributed by atoms with van der Waals surface area (Å²) >= 11 is 0. The number of fused-ring (bicyclic) bond motifs is 4. The fraction of sp³-hybridized carbons (Fsp3) is 0.286. The van der Waals surface area contributed by atoms with Crippen LogP contribution >= 0.6 is 0 Å². The van der Waals surface area contributed by atoms with Crippen LogP contribution in [0.2, 0.25) is 0 Å². The molecule has 0 amide bonds. The van der Waals surface area contributed by atoms with Gasteiger partial charge in [-0.2, -0.15) is 0 Å². The molecule has 5 rings (SSSR count). The Morgan fingerprint density at radius 3 is 2.00 bits per heavy atom. The predicted octanol–water partition coefficient (Wildman–Crippen LogP) is 5.86. The Bertz CT molecular complexity index is 1620. The van der Waals surface area contributed by atoms with Crippen molar-refractivity contribution in [3.8, 4) is 0 Å². The van der Waals surface area contributed by atoms with E-state index < -0.39 is 0 Å². The molecule has 0 spiro atoms. The molecule has 0 radical (unpaired) electrons. The highest BCUT2D eigenvalue weighted by molar-refractivity contribution is 6.03. The molecule has 0 fully saturated rings. The number of rotatable bonds is 6. The molecule has 5 nitrogen and oxygen atoms in total. The number of nitrogens with zero attached hydrogens (tertiary/aromatic N) is 1. The van der Waals surface area contributed by atoms with Gasteiger partial charge in [-0.25, -0.2) is 0 Å². The maximum atomic E-state index is 13.4. The third kappa shape index (κ3) is 3.48. The molecule has 0 aliphatic rings. The van der Waals surface area contributed by atoms with Gasteiger partial charge in [0.2, 0.25) is 0 Å². The van der Waals surface area contributed by atoms with E-state index in [-0.39, 0.29) is 10.9 Å². The Morgan fingerprint density at radius 1 is 0.697 bits per heavy atom. The largest absolute Gasteiger partial charge is 0.371 e. The van der Waals surface area contributed by atoms with E-state index in [1.807, 2.05) is 42.5 Å². The second-order valence-corrected chi connectivity index (χ2v) is 8.76. The first-order chi connectivity index (χ1) is 16.0. The van der Waals surface area contributed by atoms with Crippen molar-refractivity contribution in [1.29, 1.82) is 0 Å². The number of anilines is 1. The SMILES string of the molecule is CCCN(CCC)c1ccc2c(=O)c3cc4[nH]c5c(CC)cccc5c(=O)c4cc3[nH]c2c1. The first kappa shape index (κ1) is 21.3. The van der Waals surface area contributed by atoms with Crippen LogP contribution in [0.15, 0.2) is 58.1 Å². The number of hydrogen-bond acceptors (Lipinski definition) is 3. The highest BCUT2D eigenvalue weighted by Crippen LogP contribution is 2.25. The molecule has 0 aliphatic carbocycles. The van der Waals surface area contributed by atoms with Crippen LogP contribution in [0.1, 0.15) is 39.2 Å². The molecule has 33 heavy (non-hydrogen) atoms. The van der Waals surface area contributed by atoms with E-state index in [2.05, 4.69) is 41.7 Å². The van der Waals surface area contributed by atoms with Crippen molar-refractivity contribution in [2.24, 2.45) is 0 Å². The van der Waals surface area contributed by atoms with Crippen LogP contribution in [-0.2, 0) is 6.42 Å². The lowest BCUT2D eigenvalue weighted by molar-refractivity contribution is 0.745. The van der Waals surface area contributed by atoms with Crippen LogP contribution in [0, 0.1) is 0 Å². The minimum atomic E-state index is -0.0190. The number of aryl methyl sites for hydroxylation is 1. The van der Waals surface area contributed by atoms with Gasteiger partial charge in [-0.3, -0.25) is 9.59 Å². The third-order valence-corrected chi connectivity index (χ3v) is 6.55. The van der Waals surface area contributed by atoms with Crippen LogP contribution in [0.4, 0.5) is 5.69 Å². The zero-order valence-corrected chi connectivity index (χ0v) is 19.4. The van der Waals surface area contributed by atoms with Gasteiger partial charge in [-0.1, -0.05) is 32.9 Å². The summed E-state index contributed by atoms with van der Waals surface area (Å²) in [5, 5.41) is 2.52. The van der Waals surface area contributed by atoms with E-state index in [0.717, 1.165) is 54.6 Å². The van der Waals surface area contributed by atoms with Crippen LogP contribution in [0.3, 0.4) is 0 Å². The fourth-order valence-corrected chi connectivity index (χ4v) is 4.92. The maximum absolute atomic E-state index is 13.4. The van der Waals surface area contributed by atoms with Gasteiger partial charge in [0.15, 0.2) is 10.9 Å². The third-order valence-electron chi connectivity index (χ3n) is 6.55.